The van der Waals surface area contributed by atoms with Crippen molar-refractivity contribution in [1.82, 2.24) is 14.3 Å². The van der Waals surface area contributed by atoms with Crippen molar-refractivity contribution in [1.29, 1.82) is 0 Å². The normalized spacial score (nSPS) is 20.5. The molecule has 1 saturated carbocycles. The van der Waals surface area contributed by atoms with Gasteiger partial charge in [-0.25, -0.2) is 9.18 Å². The molecule has 0 bridgehead atoms. The maximum Gasteiger partial charge on any atom is 0.433 e. The summed E-state index contributed by atoms with van der Waals surface area (Å²) in [6.07, 6.45) is -3.35. The Bertz CT molecular complexity index is 1190. The number of hydrogen-bond donors (Lipinski definition) is 1. The van der Waals surface area contributed by atoms with E-state index in [9.17, 15) is 27.5 Å². The largest absolute Gasteiger partial charge is 0.449 e. The maximum absolute atomic E-state index is 14.5. The van der Waals surface area contributed by atoms with Gasteiger partial charge in [0.1, 0.15) is 5.82 Å². The summed E-state index contributed by atoms with van der Waals surface area (Å²) in [6.45, 7) is 3.07. The highest BCUT2D eigenvalue weighted by molar-refractivity contribution is 6.33. The van der Waals surface area contributed by atoms with E-state index in [1.54, 1.807) is 6.92 Å². The second kappa shape index (κ2) is 8.18. The van der Waals surface area contributed by atoms with Crippen molar-refractivity contribution in [3.05, 3.63) is 53.2 Å². The van der Waals surface area contributed by atoms with Crippen molar-refractivity contribution in [3.8, 4) is 22.4 Å². The molecule has 4 rings (SSSR count). The number of aliphatic hydroxyl groups is 1. The first-order chi connectivity index (χ1) is 15.4. The van der Waals surface area contributed by atoms with Crippen LogP contribution in [0.25, 0.3) is 22.4 Å². The molecule has 1 aromatic carbocycles. The monoisotopic (exact) mass is 485 g/mol. The summed E-state index contributed by atoms with van der Waals surface area (Å²) in [4.78, 5) is 12.6. The van der Waals surface area contributed by atoms with Gasteiger partial charge in [0, 0.05) is 22.9 Å². The highest BCUT2D eigenvalue weighted by Crippen LogP contribution is 2.46. The van der Waals surface area contributed by atoms with Crippen LogP contribution in [0.4, 0.5) is 22.4 Å². The predicted octanol–water partition coefficient (Wildman–Crippen LogP) is 5.92. The summed E-state index contributed by atoms with van der Waals surface area (Å²) >= 11 is 6.13. The number of aromatic nitrogens is 3. The van der Waals surface area contributed by atoms with Crippen LogP contribution in [0.2, 0.25) is 5.02 Å². The maximum atomic E-state index is 14.5. The quantitative estimate of drug-likeness (QED) is 0.466. The van der Waals surface area contributed by atoms with Gasteiger partial charge in [0.05, 0.1) is 35.2 Å². The molecule has 2 heterocycles. The lowest BCUT2D eigenvalue weighted by molar-refractivity contribution is -0.148. The van der Waals surface area contributed by atoms with E-state index in [0.717, 1.165) is 21.5 Å². The van der Waals surface area contributed by atoms with Gasteiger partial charge in [0.2, 0.25) is 0 Å². The van der Waals surface area contributed by atoms with Crippen LogP contribution in [-0.2, 0) is 10.9 Å². The SMILES string of the molecule is CCOC(=O)n1cc(-c2c(F)cccc2Cl)cc1-c1cnn(C2CC(C)(O)C2)c1C(F)(F)F. The molecular formula is C22H20ClF4N3O3. The zero-order valence-corrected chi connectivity index (χ0v) is 18.4. The Morgan fingerprint density at radius 2 is 2.06 bits per heavy atom. The second-order valence-electron chi connectivity index (χ2n) is 8.19. The molecule has 2 aromatic heterocycles. The number of hydrogen-bond acceptors (Lipinski definition) is 4. The Morgan fingerprint density at radius 1 is 1.36 bits per heavy atom. The minimum Gasteiger partial charge on any atom is -0.449 e. The minimum absolute atomic E-state index is 0.0191. The van der Waals surface area contributed by atoms with Gasteiger partial charge in [0.15, 0.2) is 5.69 Å². The Hall–Kier alpha value is -2.85. The van der Waals surface area contributed by atoms with Gasteiger partial charge in [-0.3, -0.25) is 9.25 Å². The molecule has 0 radical (unpaired) electrons. The molecule has 1 fully saturated rings. The van der Waals surface area contributed by atoms with Crippen LogP contribution in [0.15, 0.2) is 36.7 Å². The zero-order valence-electron chi connectivity index (χ0n) is 17.7. The van der Waals surface area contributed by atoms with Crippen LogP contribution in [0.1, 0.15) is 38.4 Å². The fourth-order valence-electron chi connectivity index (χ4n) is 4.16. The van der Waals surface area contributed by atoms with Gasteiger partial charge in [-0.1, -0.05) is 17.7 Å². The van der Waals surface area contributed by atoms with Crippen LogP contribution < -0.4 is 0 Å². The first-order valence-corrected chi connectivity index (χ1v) is 10.5. The molecule has 0 aliphatic heterocycles. The standard InChI is InChI=1S/C22H20ClF4N3O3/c1-3-33-20(31)29-11-12(18-15(23)5-4-6-16(18)24)7-17(29)14-10-28-30(19(14)22(25,26)27)13-8-21(2,32)9-13/h4-7,10-11,13,32H,3,8-9H2,1-2H3. The summed E-state index contributed by atoms with van der Waals surface area (Å²) in [6, 6.07) is 4.57. The number of ether oxygens (including phenoxy) is 1. The van der Waals surface area contributed by atoms with Crippen LogP contribution in [0.3, 0.4) is 0 Å². The average Bonchev–Trinajstić information content (AvgIpc) is 3.30. The van der Waals surface area contributed by atoms with Crippen molar-refractivity contribution >= 4 is 17.7 Å². The van der Waals surface area contributed by atoms with E-state index < -0.39 is 35.4 Å². The fraction of sp³-hybridized carbons (Fsp3) is 0.364. The van der Waals surface area contributed by atoms with E-state index in [-0.39, 0.29) is 46.9 Å². The Labute approximate surface area is 191 Å². The van der Waals surface area contributed by atoms with Gasteiger partial charge < -0.3 is 9.84 Å². The summed E-state index contributed by atoms with van der Waals surface area (Å²) in [5.74, 6) is -0.696. The van der Waals surface area contributed by atoms with E-state index in [1.165, 1.54) is 31.3 Å². The lowest BCUT2D eigenvalue weighted by Crippen LogP contribution is -2.43. The number of rotatable bonds is 4. The van der Waals surface area contributed by atoms with E-state index in [0.29, 0.717) is 0 Å². The molecule has 1 aliphatic rings. The van der Waals surface area contributed by atoms with Crippen molar-refractivity contribution in [3.63, 3.8) is 0 Å². The molecule has 0 spiro atoms. The molecule has 11 heteroatoms. The number of halogens is 5. The topological polar surface area (TPSA) is 69.3 Å². The summed E-state index contributed by atoms with van der Waals surface area (Å²) in [5.41, 5.74) is -2.64. The van der Waals surface area contributed by atoms with Gasteiger partial charge >= 0.3 is 12.3 Å². The zero-order chi connectivity index (χ0) is 24.1. The molecule has 1 aliphatic carbocycles. The van der Waals surface area contributed by atoms with Crippen molar-refractivity contribution in [2.24, 2.45) is 0 Å². The molecule has 33 heavy (non-hydrogen) atoms. The molecule has 0 atom stereocenters. The smallest absolute Gasteiger partial charge is 0.433 e. The van der Waals surface area contributed by atoms with E-state index in [2.05, 4.69) is 5.10 Å². The third-order valence-corrected chi connectivity index (χ3v) is 5.89. The first kappa shape index (κ1) is 23.3. The van der Waals surface area contributed by atoms with Crippen LogP contribution in [-0.4, -0.2) is 37.8 Å². The molecule has 0 unspecified atom stereocenters. The Balaban J connectivity index is 1.91. The van der Waals surface area contributed by atoms with E-state index in [4.69, 9.17) is 16.3 Å². The summed E-state index contributed by atoms with van der Waals surface area (Å²) < 4.78 is 63.7. The minimum atomic E-state index is -4.81. The third kappa shape index (κ3) is 4.24. The van der Waals surface area contributed by atoms with Gasteiger partial charge in [0.25, 0.3) is 0 Å². The fourth-order valence-corrected chi connectivity index (χ4v) is 4.43. The lowest BCUT2D eigenvalue weighted by Gasteiger charge is -2.41. The Kier molecular flexibility index (Phi) is 5.78. The molecule has 3 aromatic rings. The number of benzene rings is 1. The predicted molar refractivity (Wildman–Crippen MR) is 112 cm³/mol. The van der Waals surface area contributed by atoms with Gasteiger partial charge in [-0.15, -0.1) is 0 Å². The number of carbonyl (C=O) groups is 1. The van der Waals surface area contributed by atoms with Gasteiger partial charge in [-0.2, -0.15) is 18.3 Å². The first-order valence-electron chi connectivity index (χ1n) is 10.1. The van der Waals surface area contributed by atoms with Crippen molar-refractivity contribution in [2.75, 3.05) is 6.61 Å². The molecule has 0 saturated heterocycles. The van der Waals surface area contributed by atoms with E-state index >= 15 is 0 Å². The number of nitrogens with zero attached hydrogens (tertiary/aromatic N) is 3. The van der Waals surface area contributed by atoms with Crippen LogP contribution in [0.5, 0.6) is 0 Å². The van der Waals surface area contributed by atoms with Gasteiger partial charge in [-0.05, 0) is 44.9 Å². The average molecular weight is 486 g/mol. The van der Waals surface area contributed by atoms with Crippen molar-refractivity contribution < 1.29 is 32.2 Å². The highest BCUT2D eigenvalue weighted by atomic mass is 35.5. The Morgan fingerprint density at radius 3 is 2.64 bits per heavy atom. The molecule has 1 N–H and O–H groups in total. The lowest BCUT2D eigenvalue weighted by atomic mass is 9.77. The number of alkyl halides is 3. The third-order valence-electron chi connectivity index (χ3n) is 5.57. The van der Waals surface area contributed by atoms with E-state index in [1.807, 2.05) is 0 Å². The molecular weight excluding hydrogens is 466 g/mol. The molecule has 0 amide bonds. The molecule has 6 nitrogen and oxygen atoms in total. The number of carbonyl (C=O) groups excluding carboxylic acids is 1. The second-order valence-corrected chi connectivity index (χ2v) is 8.59. The summed E-state index contributed by atoms with van der Waals surface area (Å²) in [7, 11) is 0. The van der Waals surface area contributed by atoms with Crippen LogP contribution >= 0.6 is 11.6 Å². The highest BCUT2D eigenvalue weighted by Gasteiger charge is 2.46. The summed E-state index contributed by atoms with van der Waals surface area (Å²) in [5, 5.41) is 13.9. The van der Waals surface area contributed by atoms with Crippen molar-refractivity contribution in [2.45, 2.75) is 44.5 Å². The van der Waals surface area contributed by atoms with Crippen LogP contribution in [0, 0.1) is 5.82 Å². The molecule has 176 valence electrons.